The van der Waals surface area contributed by atoms with E-state index in [1.54, 1.807) is 0 Å². The van der Waals surface area contributed by atoms with Gasteiger partial charge in [0.15, 0.2) is 0 Å². The van der Waals surface area contributed by atoms with E-state index in [0.29, 0.717) is 31.6 Å². The van der Waals surface area contributed by atoms with Crippen LogP contribution in [-0.2, 0) is 9.47 Å². The van der Waals surface area contributed by atoms with E-state index < -0.39 is 0 Å². The third-order valence-electron chi connectivity index (χ3n) is 7.26. The Morgan fingerprint density at radius 1 is 1.33 bits per heavy atom. The maximum Gasteiger partial charge on any atom is 0.407 e. The molecular weight excluding hydrogens is 342 g/mol. The second-order valence-electron chi connectivity index (χ2n) is 8.84. The van der Waals surface area contributed by atoms with Gasteiger partial charge in [0.2, 0.25) is 0 Å². The van der Waals surface area contributed by atoms with Crippen LogP contribution < -0.4 is 10.1 Å². The topological polar surface area (TPSA) is 56.8 Å². The van der Waals surface area contributed by atoms with Crippen LogP contribution in [0.4, 0.5) is 4.79 Å². The van der Waals surface area contributed by atoms with Crippen molar-refractivity contribution in [3.05, 3.63) is 29.8 Å². The van der Waals surface area contributed by atoms with E-state index in [1.807, 2.05) is 25.1 Å². The summed E-state index contributed by atoms with van der Waals surface area (Å²) in [7, 11) is 0. The molecular formula is C22H31NO4. The minimum absolute atomic E-state index is 0.0458. The predicted molar refractivity (Wildman–Crippen MR) is 103 cm³/mol. The molecule has 1 amide bonds. The van der Waals surface area contributed by atoms with Crippen LogP contribution in [0.15, 0.2) is 24.3 Å². The number of rotatable bonds is 4. The fraction of sp³-hybridized carbons (Fsp3) is 0.682. The van der Waals surface area contributed by atoms with Crippen molar-refractivity contribution in [3.8, 4) is 5.75 Å². The van der Waals surface area contributed by atoms with Gasteiger partial charge in [0.05, 0.1) is 12.7 Å². The molecule has 4 rings (SSSR count). The molecule has 1 saturated heterocycles. The maximum absolute atomic E-state index is 12.0. The summed E-state index contributed by atoms with van der Waals surface area (Å²) in [5.74, 6) is 1.86. The van der Waals surface area contributed by atoms with Gasteiger partial charge in [-0.15, -0.1) is 0 Å². The molecule has 148 valence electrons. The van der Waals surface area contributed by atoms with Crippen LogP contribution in [0.2, 0.25) is 0 Å². The van der Waals surface area contributed by atoms with Crippen LogP contribution in [-0.4, -0.2) is 31.5 Å². The van der Waals surface area contributed by atoms with E-state index in [4.69, 9.17) is 14.2 Å². The molecule has 2 fully saturated rings. The Hall–Kier alpha value is -1.75. The molecule has 27 heavy (non-hydrogen) atoms. The summed E-state index contributed by atoms with van der Waals surface area (Å²) in [4.78, 5) is 12.0. The number of benzene rings is 1. The minimum Gasteiger partial charge on any atom is -0.487 e. The summed E-state index contributed by atoms with van der Waals surface area (Å²) >= 11 is 0. The summed E-state index contributed by atoms with van der Waals surface area (Å²) in [6, 6.07) is 8.24. The first-order valence-corrected chi connectivity index (χ1v) is 10.2. The number of hydrogen-bond donors (Lipinski definition) is 1. The quantitative estimate of drug-likeness (QED) is 0.854. The highest BCUT2D eigenvalue weighted by atomic mass is 16.6. The van der Waals surface area contributed by atoms with E-state index in [1.165, 1.54) is 0 Å². The summed E-state index contributed by atoms with van der Waals surface area (Å²) < 4.78 is 18.7. The zero-order valence-corrected chi connectivity index (χ0v) is 16.8. The van der Waals surface area contributed by atoms with Crippen molar-refractivity contribution in [1.29, 1.82) is 0 Å². The molecule has 0 radical (unpaired) electrons. The van der Waals surface area contributed by atoms with Crippen LogP contribution in [0.1, 0.15) is 52.2 Å². The standard InChI is InChI=1S/C22H31NO4/c1-5-10-23-20(24)26-13-22-12-25-19-16-8-6-7-9-17(16)27-21(4,11-14(22)2)18(19)15(22)3/h6-9,14-15,18-19H,5,10-13H2,1-4H3,(H,23,24)/t14-,15+,18+,19-,21+,22-/m1/s1. The van der Waals surface area contributed by atoms with Crippen molar-refractivity contribution in [2.75, 3.05) is 19.8 Å². The molecule has 2 heterocycles. The van der Waals surface area contributed by atoms with E-state index in [0.717, 1.165) is 24.2 Å². The van der Waals surface area contributed by atoms with Gasteiger partial charge in [0.25, 0.3) is 0 Å². The molecule has 1 aromatic carbocycles. The number of nitrogens with one attached hydrogen (secondary N) is 1. The van der Waals surface area contributed by atoms with E-state index in [9.17, 15) is 4.79 Å². The Balaban J connectivity index is 1.61. The number of hydrogen-bond acceptors (Lipinski definition) is 4. The number of ether oxygens (including phenoxy) is 3. The lowest BCUT2D eigenvalue weighted by Crippen LogP contribution is -2.66. The highest BCUT2D eigenvalue weighted by Crippen LogP contribution is 2.63. The van der Waals surface area contributed by atoms with Gasteiger partial charge in [-0.3, -0.25) is 0 Å². The molecule has 5 nitrogen and oxygen atoms in total. The van der Waals surface area contributed by atoms with Crippen LogP contribution in [0.5, 0.6) is 5.75 Å². The summed E-state index contributed by atoms with van der Waals surface area (Å²) in [6.45, 7) is 10.4. The molecule has 1 aromatic rings. The summed E-state index contributed by atoms with van der Waals surface area (Å²) in [5.41, 5.74) is 0.725. The maximum atomic E-state index is 12.0. The molecule has 1 N–H and O–H groups in total. The van der Waals surface area contributed by atoms with Crippen molar-refractivity contribution in [2.45, 2.75) is 52.2 Å². The number of amides is 1. The van der Waals surface area contributed by atoms with Crippen molar-refractivity contribution < 1.29 is 19.0 Å². The predicted octanol–water partition coefficient (Wildman–Crippen LogP) is 4.32. The highest BCUT2D eigenvalue weighted by molar-refractivity contribution is 5.67. The average Bonchev–Trinajstić information content (AvgIpc) is 2.64. The fourth-order valence-electron chi connectivity index (χ4n) is 5.73. The Morgan fingerprint density at radius 2 is 2.11 bits per heavy atom. The van der Waals surface area contributed by atoms with Crippen molar-refractivity contribution in [3.63, 3.8) is 0 Å². The molecule has 1 saturated carbocycles. The fourth-order valence-corrected chi connectivity index (χ4v) is 5.73. The van der Waals surface area contributed by atoms with Crippen LogP contribution in [0, 0.1) is 23.2 Å². The highest BCUT2D eigenvalue weighted by Gasteiger charge is 2.64. The number of fused-ring (bicyclic) bond motifs is 3. The van der Waals surface area contributed by atoms with Crippen molar-refractivity contribution in [2.24, 2.45) is 23.2 Å². The lowest BCUT2D eigenvalue weighted by Gasteiger charge is -2.63. The molecule has 0 spiro atoms. The normalized spacial score (nSPS) is 39.1. The summed E-state index contributed by atoms with van der Waals surface area (Å²) in [5, 5.41) is 2.81. The largest absolute Gasteiger partial charge is 0.487 e. The lowest BCUT2D eigenvalue weighted by molar-refractivity contribution is -0.259. The van der Waals surface area contributed by atoms with E-state index in [2.05, 4.69) is 32.2 Å². The van der Waals surface area contributed by atoms with Gasteiger partial charge in [-0.25, -0.2) is 4.79 Å². The zero-order chi connectivity index (χ0) is 19.2. The van der Waals surface area contributed by atoms with Gasteiger partial charge in [-0.2, -0.15) is 0 Å². The second-order valence-corrected chi connectivity index (χ2v) is 8.84. The minimum atomic E-state index is -0.327. The van der Waals surface area contributed by atoms with E-state index >= 15 is 0 Å². The smallest absolute Gasteiger partial charge is 0.407 e. The first-order valence-electron chi connectivity index (χ1n) is 10.2. The zero-order valence-electron chi connectivity index (χ0n) is 16.8. The van der Waals surface area contributed by atoms with Gasteiger partial charge >= 0.3 is 6.09 Å². The molecule has 1 aliphatic carbocycles. The lowest BCUT2D eigenvalue weighted by atomic mass is 9.50. The van der Waals surface area contributed by atoms with Gasteiger partial charge < -0.3 is 19.5 Å². The monoisotopic (exact) mass is 373 g/mol. The van der Waals surface area contributed by atoms with Crippen LogP contribution in [0.25, 0.3) is 0 Å². The van der Waals surface area contributed by atoms with Gasteiger partial charge in [-0.05, 0) is 37.7 Å². The SMILES string of the molecule is CCCNC(=O)OC[C@]12CO[C@@H]3c4ccccc4O[C@@](C)(C[C@H]1C)[C@H]3[C@@H]2C. The van der Waals surface area contributed by atoms with Crippen molar-refractivity contribution >= 4 is 6.09 Å². The molecule has 6 atom stereocenters. The van der Waals surface area contributed by atoms with Gasteiger partial charge in [0.1, 0.15) is 18.0 Å². The number of carbonyl (C=O) groups is 1. The first kappa shape index (κ1) is 18.6. The average molecular weight is 373 g/mol. The Labute approximate surface area is 161 Å². The Morgan fingerprint density at radius 3 is 2.89 bits per heavy atom. The number of alkyl carbamates (subject to hydrolysis) is 1. The first-order chi connectivity index (χ1) is 12.9. The Bertz CT molecular complexity index is 722. The third-order valence-corrected chi connectivity index (χ3v) is 7.26. The third kappa shape index (κ3) is 2.82. The number of carbonyl (C=O) groups excluding carboxylic acids is 1. The molecule has 0 unspecified atom stereocenters. The molecule has 0 aromatic heterocycles. The van der Waals surface area contributed by atoms with Crippen LogP contribution >= 0.6 is 0 Å². The second kappa shape index (κ2) is 6.69. The molecule has 5 heteroatoms. The summed E-state index contributed by atoms with van der Waals surface area (Å²) in [6.07, 6.45) is 1.56. The molecule has 2 bridgehead atoms. The number of para-hydroxylation sites is 1. The Kier molecular flexibility index (Phi) is 4.61. The van der Waals surface area contributed by atoms with Gasteiger partial charge in [0, 0.05) is 23.4 Å². The van der Waals surface area contributed by atoms with Crippen molar-refractivity contribution in [1.82, 2.24) is 5.32 Å². The van der Waals surface area contributed by atoms with Gasteiger partial charge in [-0.1, -0.05) is 39.0 Å². The van der Waals surface area contributed by atoms with E-state index in [-0.39, 0.29) is 29.1 Å². The molecule has 3 aliphatic rings. The van der Waals surface area contributed by atoms with Crippen LogP contribution in [0.3, 0.4) is 0 Å². The molecule has 2 aliphatic heterocycles.